The van der Waals surface area contributed by atoms with Crippen molar-refractivity contribution >= 4 is 5.88 Å². The molecule has 0 atom stereocenters. The van der Waals surface area contributed by atoms with Crippen molar-refractivity contribution in [1.29, 1.82) is 0 Å². The highest BCUT2D eigenvalue weighted by molar-refractivity contribution is 5.14. The van der Waals surface area contributed by atoms with Gasteiger partial charge in [-0.1, -0.05) is 35.0 Å². The number of nitrogens with zero attached hydrogens (tertiary/aromatic N) is 4. The predicted molar refractivity (Wildman–Crippen MR) is 59.3 cm³/mol. The van der Waals surface area contributed by atoms with Gasteiger partial charge in [0.25, 0.3) is 6.20 Å². The molecular weight excluding hydrogens is 220 g/mol. The van der Waals surface area contributed by atoms with Gasteiger partial charge in [-0.2, -0.15) is 0 Å². The molecule has 0 fully saturated rings. The molecule has 1 heterocycles. The van der Waals surface area contributed by atoms with Gasteiger partial charge >= 0.3 is 5.88 Å². The maximum absolute atomic E-state index is 9.87. The highest BCUT2D eigenvalue weighted by atomic mass is 16.5. The maximum atomic E-state index is 9.87. The van der Waals surface area contributed by atoms with Crippen molar-refractivity contribution < 1.29 is 9.20 Å². The van der Waals surface area contributed by atoms with Gasteiger partial charge in [0.15, 0.2) is 6.54 Å². The van der Waals surface area contributed by atoms with Crippen LogP contribution in [-0.2, 0) is 13.0 Å². The molecule has 0 aliphatic carbocycles. The Kier molecular flexibility index (Phi) is 3.80. The molecule has 0 radical (unpaired) electrons. The van der Waals surface area contributed by atoms with Crippen molar-refractivity contribution in [2.45, 2.75) is 19.4 Å². The highest BCUT2D eigenvalue weighted by Crippen LogP contribution is 2.06. The third-order valence-corrected chi connectivity index (χ3v) is 2.33. The van der Waals surface area contributed by atoms with Gasteiger partial charge in [-0.15, -0.1) is 5.11 Å². The maximum Gasteiger partial charge on any atom is 0.339 e. The molecule has 2 aromatic rings. The van der Waals surface area contributed by atoms with Crippen LogP contribution in [0.3, 0.4) is 0 Å². The Balaban J connectivity index is 1.82. The predicted octanol–water partition coefficient (Wildman–Crippen LogP) is 2.18. The van der Waals surface area contributed by atoms with Crippen molar-refractivity contribution in [3.05, 3.63) is 47.3 Å². The number of aromatic nitrogens is 2. The number of aryl methyl sites for hydroxylation is 2. The second kappa shape index (κ2) is 5.74. The molecule has 0 amide bonds. The second-order valence-electron chi connectivity index (χ2n) is 3.57. The molecule has 2 rings (SSSR count). The zero-order chi connectivity index (χ0) is 11.9. The summed E-state index contributed by atoms with van der Waals surface area (Å²) in [6.45, 7) is 0.715. The molecule has 0 saturated carbocycles. The molecule has 0 spiro atoms. The average molecular weight is 232 g/mol. The standard InChI is InChI=1S/C11H12N4O2/c16-13-12-11-9-15(14-17-11)8-4-7-10-5-2-1-3-6-10/h1-3,5-6,9H,4,7-8H2. The highest BCUT2D eigenvalue weighted by Gasteiger charge is 2.09. The molecule has 1 aromatic heterocycles. The molecular formula is C11H12N4O2. The zero-order valence-corrected chi connectivity index (χ0v) is 9.19. The lowest BCUT2D eigenvalue weighted by Gasteiger charge is -1.95. The van der Waals surface area contributed by atoms with Crippen LogP contribution in [0.4, 0.5) is 5.88 Å². The van der Waals surface area contributed by atoms with Gasteiger partial charge in [0, 0.05) is 6.42 Å². The zero-order valence-electron chi connectivity index (χ0n) is 9.19. The molecule has 0 aliphatic heterocycles. The molecule has 88 valence electrons. The lowest BCUT2D eigenvalue weighted by molar-refractivity contribution is -0.762. The molecule has 6 nitrogen and oxygen atoms in total. The minimum atomic E-state index is 0.125. The van der Waals surface area contributed by atoms with Crippen molar-refractivity contribution in [3.63, 3.8) is 0 Å². The van der Waals surface area contributed by atoms with Crippen molar-refractivity contribution in [3.8, 4) is 0 Å². The normalized spacial score (nSPS) is 11.1. The van der Waals surface area contributed by atoms with E-state index in [4.69, 9.17) is 4.52 Å². The first-order valence-corrected chi connectivity index (χ1v) is 5.32. The number of hydrogen-bond acceptors (Lipinski definition) is 5. The quantitative estimate of drug-likeness (QED) is 0.450. The summed E-state index contributed by atoms with van der Waals surface area (Å²) in [7, 11) is 0. The fourth-order valence-corrected chi connectivity index (χ4v) is 1.55. The lowest BCUT2D eigenvalue weighted by Crippen LogP contribution is -2.34. The van der Waals surface area contributed by atoms with Crippen molar-refractivity contribution in [2.75, 3.05) is 0 Å². The Bertz CT molecular complexity index is 481. The molecule has 6 heteroatoms. The van der Waals surface area contributed by atoms with Crippen LogP contribution in [0.1, 0.15) is 12.0 Å². The molecule has 0 saturated heterocycles. The van der Waals surface area contributed by atoms with Crippen LogP contribution in [0.25, 0.3) is 0 Å². The van der Waals surface area contributed by atoms with Crippen LogP contribution in [0.15, 0.2) is 51.4 Å². The smallest absolute Gasteiger partial charge is 0.339 e. The molecule has 0 N–H and O–H groups in total. The summed E-state index contributed by atoms with van der Waals surface area (Å²) in [6, 6.07) is 10.2. The number of rotatable bonds is 5. The van der Waals surface area contributed by atoms with E-state index in [1.807, 2.05) is 18.2 Å². The van der Waals surface area contributed by atoms with Gasteiger partial charge in [0.1, 0.15) is 0 Å². The van der Waals surface area contributed by atoms with Crippen LogP contribution in [-0.4, -0.2) is 5.27 Å². The van der Waals surface area contributed by atoms with Crippen molar-refractivity contribution in [1.82, 2.24) is 5.27 Å². The van der Waals surface area contributed by atoms with Crippen LogP contribution >= 0.6 is 0 Å². The van der Waals surface area contributed by atoms with Crippen molar-refractivity contribution in [2.24, 2.45) is 10.4 Å². The fourth-order valence-electron chi connectivity index (χ4n) is 1.55. The Hall–Kier alpha value is -2.24. The number of benzene rings is 1. The van der Waals surface area contributed by atoms with Gasteiger partial charge in [0.2, 0.25) is 5.27 Å². The summed E-state index contributed by atoms with van der Waals surface area (Å²) in [5.41, 5.74) is 1.29. The Morgan fingerprint density at radius 1 is 1.29 bits per heavy atom. The monoisotopic (exact) mass is 232 g/mol. The van der Waals surface area contributed by atoms with Crippen LogP contribution in [0.2, 0.25) is 0 Å². The summed E-state index contributed by atoms with van der Waals surface area (Å²) in [6.07, 6.45) is 3.46. The Labute approximate surface area is 98.1 Å². The van der Waals surface area contributed by atoms with E-state index in [1.165, 1.54) is 5.56 Å². The third kappa shape index (κ3) is 3.37. The van der Waals surface area contributed by atoms with E-state index in [0.29, 0.717) is 6.54 Å². The minimum absolute atomic E-state index is 0.125. The summed E-state index contributed by atoms with van der Waals surface area (Å²) in [4.78, 5) is 0. The van der Waals surface area contributed by atoms with Gasteiger partial charge < -0.3 is 5.21 Å². The second-order valence-corrected chi connectivity index (χ2v) is 3.57. The molecule has 0 unspecified atom stereocenters. The summed E-state index contributed by atoms with van der Waals surface area (Å²) >= 11 is 0. The summed E-state index contributed by atoms with van der Waals surface area (Å²) in [5.74, 6) is 0.125. The summed E-state index contributed by atoms with van der Waals surface area (Å²) < 4.78 is 6.36. The first-order valence-electron chi connectivity index (χ1n) is 5.32. The van der Waals surface area contributed by atoms with Crippen LogP contribution in [0.5, 0.6) is 0 Å². The molecule has 0 aliphatic rings. The average Bonchev–Trinajstić information content (AvgIpc) is 2.79. The van der Waals surface area contributed by atoms with Crippen LogP contribution in [0, 0.1) is 5.21 Å². The van der Waals surface area contributed by atoms with E-state index in [9.17, 15) is 5.21 Å². The van der Waals surface area contributed by atoms with Gasteiger partial charge in [0.05, 0.1) is 0 Å². The summed E-state index contributed by atoms with van der Waals surface area (Å²) in [5, 5.41) is 19.2. The first kappa shape index (κ1) is 11.3. The SMILES string of the molecule is [O-]/N=N/c1c[n+](CCCc2ccccc2)no1. The molecule has 0 bridgehead atoms. The molecule has 1 aromatic carbocycles. The van der Waals surface area contributed by atoms with Gasteiger partial charge in [-0.3, -0.25) is 4.52 Å². The van der Waals surface area contributed by atoms with E-state index < -0.39 is 0 Å². The minimum Gasteiger partial charge on any atom is -0.775 e. The molecule has 17 heavy (non-hydrogen) atoms. The first-order chi connectivity index (χ1) is 8.38. The van der Waals surface area contributed by atoms with E-state index in [-0.39, 0.29) is 5.88 Å². The van der Waals surface area contributed by atoms with E-state index in [0.717, 1.165) is 12.8 Å². The van der Waals surface area contributed by atoms with Gasteiger partial charge in [-0.25, -0.2) is 5.28 Å². The lowest BCUT2D eigenvalue weighted by atomic mass is 10.1. The van der Waals surface area contributed by atoms with E-state index in [1.54, 1.807) is 10.9 Å². The van der Waals surface area contributed by atoms with E-state index in [2.05, 4.69) is 27.8 Å². The topological polar surface area (TPSA) is 77.7 Å². The third-order valence-electron chi connectivity index (χ3n) is 2.33. The Morgan fingerprint density at radius 3 is 2.88 bits per heavy atom. The largest absolute Gasteiger partial charge is 0.775 e. The van der Waals surface area contributed by atoms with Crippen LogP contribution < -0.4 is 4.68 Å². The van der Waals surface area contributed by atoms with Gasteiger partial charge in [-0.05, 0) is 12.0 Å². The fraction of sp³-hybridized carbons (Fsp3) is 0.273. The Morgan fingerprint density at radius 2 is 2.12 bits per heavy atom. The number of hydrogen-bond donors (Lipinski definition) is 0. The van der Waals surface area contributed by atoms with E-state index >= 15 is 0 Å².